The quantitative estimate of drug-likeness (QED) is 0.177. The average Bonchev–Trinajstić information content (AvgIpc) is 2.83. The van der Waals surface area contributed by atoms with E-state index in [4.69, 9.17) is 0 Å². The maximum Gasteiger partial charge on any atom is 0.673 e. The number of halogens is 4. The van der Waals surface area contributed by atoms with E-state index >= 15 is 0 Å². The van der Waals surface area contributed by atoms with Crippen molar-refractivity contribution in [3.8, 4) is 0 Å². The highest BCUT2D eigenvalue weighted by Crippen LogP contribution is 2.30. The van der Waals surface area contributed by atoms with Gasteiger partial charge in [-0.1, -0.05) is 60.7 Å². The zero-order chi connectivity index (χ0) is 26.0. The van der Waals surface area contributed by atoms with Gasteiger partial charge < -0.3 is 22.2 Å². The van der Waals surface area contributed by atoms with Crippen molar-refractivity contribution in [3.05, 3.63) is 108 Å². The molecule has 1 heterocycles. The zero-order valence-corrected chi connectivity index (χ0v) is 21.4. The number of aromatic nitrogens is 1. The first-order valence-electron chi connectivity index (χ1n) is 11.0. The standard InChI is InChI=1S/C27H24N2S2.BF4/c1-29(2)23-17-15-21(16-18-23)13-14-22-19-26(30-24-9-5-3-6-10-24)28-27(20-22)31-25-11-7-4-8-12-25;2-1(3,4)5/h3-20H,1-2H3;/q;-1/p+1. The van der Waals surface area contributed by atoms with Crippen molar-refractivity contribution >= 4 is 48.6 Å². The highest BCUT2D eigenvalue weighted by atomic mass is 32.2. The van der Waals surface area contributed by atoms with Crippen LogP contribution in [0.5, 0.6) is 0 Å². The van der Waals surface area contributed by atoms with E-state index in [0.29, 0.717) is 0 Å². The van der Waals surface area contributed by atoms with Crippen molar-refractivity contribution in [2.75, 3.05) is 19.0 Å². The topological polar surface area (TPSA) is 17.4 Å². The van der Waals surface area contributed by atoms with Gasteiger partial charge in [-0.25, -0.2) is 0 Å². The molecule has 2 nitrogen and oxygen atoms in total. The molecule has 4 rings (SSSR count). The minimum atomic E-state index is -6.00. The molecular formula is C27H25BF4N2S2. The molecule has 1 N–H and O–H groups in total. The number of aromatic amines is 1. The van der Waals surface area contributed by atoms with Crippen molar-refractivity contribution in [2.45, 2.75) is 19.8 Å². The molecule has 36 heavy (non-hydrogen) atoms. The molecule has 0 aliphatic carbocycles. The average molecular weight is 528 g/mol. The first kappa shape index (κ1) is 27.4. The van der Waals surface area contributed by atoms with Crippen molar-refractivity contribution in [1.82, 2.24) is 0 Å². The molecule has 0 amide bonds. The fourth-order valence-corrected chi connectivity index (χ4v) is 4.92. The molecule has 0 aliphatic heterocycles. The summed E-state index contributed by atoms with van der Waals surface area (Å²) in [6, 6.07) is 33.9. The number of nitrogens with one attached hydrogen (secondary N) is 1. The van der Waals surface area contributed by atoms with Crippen LogP contribution in [0, 0.1) is 0 Å². The molecule has 9 heteroatoms. The molecule has 0 saturated carbocycles. The van der Waals surface area contributed by atoms with Crippen LogP contribution in [0.1, 0.15) is 11.1 Å². The van der Waals surface area contributed by atoms with E-state index in [0.717, 1.165) is 10.1 Å². The van der Waals surface area contributed by atoms with Gasteiger partial charge in [0.2, 0.25) is 10.1 Å². The number of nitrogens with zero attached hydrogens (tertiary/aromatic N) is 1. The molecule has 0 saturated heterocycles. The minimum Gasteiger partial charge on any atom is -0.418 e. The summed E-state index contributed by atoms with van der Waals surface area (Å²) in [5.41, 5.74) is 3.56. The predicted octanol–water partition coefficient (Wildman–Crippen LogP) is 8.34. The number of hydrogen-bond acceptors (Lipinski definition) is 3. The van der Waals surface area contributed by atoms with Gasteiger partial charge in [0.05, 0.1) is 0 Å². The summed E-state index contributed by atoms with van der Waals surface area (Å²) in [4.78, 5) is 8.13. The monoisotopic (exact) mass is 528 g/mol. The number of hydrogen-bond donors (Lipinski definition) is 0. The Morgan fingerprint density at radius 2 is 1.06 bits per heavy atom. The Kier molecular flexibility index (Phi) is 10.1. The van der Waals surface area contributed by atoms with Gasteiger partial charge in [0.15, 0.2) is 0 Å². The molecule has 0 spiro atoms. The number of pyridine rings is 1. The van der Waals surface area contributed by atoms with E-state index < -0.39 is 7.25 Å². The van der Waals surface area contributed by atoms with Gasteiger partial charge >= 0.3 is 7.25 Å². The summed E-state index contributed by atoms with van der Waals surface area (Å²) < 4.78 is 39.0. The second-order valence-corrected chi connectivity index (χ2v) is 10.0. The van der Waals surface area contributed by atoms with E-state index in [1.807, 2.05) is 12.1 Å². The third-order valence-electron chi connectivity index (χ3n) is 4.66. The lowest BCUT2D eigenvalue weighted by atomic mass is 10.1. The van der Waals surface area contributed by atoms with Gasteiger partial charge in [0.25, 0.3) is 0 Å². The molecule has 0 radical (unpaired) electrons. The van der Waals surface area contributed by atoms with Crippen molar-refractivity contribution in [3.63, 3.8) is 0 Å². The minimum absolute atomic E-state index is 1.12. The van der Waals surface area contributed by atoms with Crippen LogP contribution in [-0.2, 0) is 0 Å². The summed E-state index contributed by atoms with van der Waals surface area (Å²) in [7, 11) is -1.88. The second kappa shape index (κ2) is 13.2. The van der Waals surface area contributed by atoms with Crippen molar-refractivity contribution in [1.29, 1.82) is 0 Å². The zero-order valence-electron chi connectivity index (χ0n) is 19.7. The second-order valence-electron chi connectivity index (χ2n) is 7.79. The van der Waals surface area contributed by atoms with Gasteiger partial charge in [-0.3, -0.25) is 0 Å². The van der Waals surface area contributed by atoms with Crippen LogP contribution in [0.15, 0.2) is 117 Å². The molecule has 1 aromatic heterocycles. The van der Waals surface area contributed by atoms with Crippen LogP contribution in [0.2, 0.25) is 0 Å². The van der Waals surface area contributed by atoms with Gasteiger partial charge in [-0.15, -0.1) is 0 Å². The molecular weight excluding hydrogens is 503 g/mol. The Balaban J connectivity index is 0.000000658. The summed E-state index contributed by atoms with van der Waals surface area (Å²) in [6.07, 6.45) is 4.35. The lowest BCUT2D eigenvalue weighted by Crippen LogP contribution is -2.10. The Bertz CT molecular complexity index is 1180. The van der Waals surface area contributed by atoms with Crippen LogP contribution >= 0.6 is 23.5 Å². The number of anilines is 1. The van der Waals surface area contributed by atoms with E-state index in [2.05, 4.69) is 121 Å². The number of H-pyrrole nitrogens is 1. The summed E-state index contributed by atoms with van der Waals surface area (Å²) >= 11 is 3.49. The van der Waals surface area contributed by atoms with E-state index in [1.54, 1.807) is 23.5 Å². The highest BCUT2D eigenvalue weighted by molar-refractivity contribution is 7.99. The Morgan fingerprint density at radius 3 is 1.47 bits per heavy atom. The summed E-state index contributed by atoms with van der Waals surface area (Å²) in [5, 5.41) is 2.24. The largest absolute Gasteiger partial charge is 0.673 e. The molecule has 0 bridgehead atoms. The third kappa shape index (κ3) is 10.2. The van der Waals surface area contributed by atoms with Crippen LogP contribution in [-0.4, -0.2) is 21.3 Å². The number of benzene rings is 3. The molecule has 0 fully saturated rings. The van der Waals surface area contributed by atoms with E-state index in [1.165, 1.54) is 26.6 Å². The van der Waals surface area contributed by atoms with Gasteiger partial charge in [0, 0.05) is 41.7 Å². The van der Waals surface area contributed by atoms with Gasteiger partial charge in [-0.2, -0.15) is 4.98 Å². The molecule has 186 valence electrons. The summed E-state index contributed by atoms with van der Waals surface area (Å²) in [5.74, 6) is 0. The van der Waals surface area contributed by atoms with Crippen LogP contribution in [0.3, 0.4) is 0 Å². The van der Waals surface area contributed by atoms with Crippen LogP contribution in [0.4, 0.5) is 23.0 Å². The molecule has 3 aromatic carbocycles. The highest BCUT2D eigenvalue weighted by Gasteiger charge is 2.20. The lowest BCUT2D eigenvalue weighted by Gasteiger charge is -2.11. The Hall–Kier alpha value is -3.17. The molecule has 0 atom stereocenters. The number of rotatable bonds is 7. The maximum absolute atomic E-state index is 9.75. The predicted molar refractivity (Wildman–Crippen MR) is 144 cm³/mol. The SMILES string of the molecule is CN(C)c1ccc(C=Cc2cc(Sc3ccccc3)[nH+]c(Sc3ccccc3)c2)cc1.F[B-](F)(F)F. The Labute approximate surface area is 217 Å². The van der Waals surface area contributed by atoms with Crippen LogP contribution < -0.4 is 9.88 Å². The third-order valence-corrected chi connectivity index (χ3v) is 6.56. The maximum atomic E-state index is 9.75. The summed E-state index contributed by atoms with van der Waals surface area (Å²) in [6.45, 7) is 0. The smallest absolute Gasteiger partial charge is 0.418 e. The normalized spacial score (nSPS) is 11.2. The molecule has 0 unspecified atom stereocenters. The molecule has 0 aliphatic rings. The van der Waals surface area contributed by atoms with Gasteiger partial charge in [-0.05, 0) is 71.0 Å². The fraction of sp³-hybridized carbons (Fsp3) is 0.0741. The van der Waals surface area contributed by atoms with E-state index in [-0.39, 0.29) is 0 Å². The van der Waals surface area contributed by atoms with Crippen molar-refractivity contribution < 1.29 is 22.2 Å². The Morgan fingerprint density at radius 1 is 0.639 bits per heavy atom. The van der Waals surface area contributed by atoms with E-state index in [9.17, 15) is 17.3 Å². The lowest BCUT2D eigenvalue weighted by molar-refractivity contribution is -0.472. The first-order valence-corrected chi connectivity index (χ1v) is 12.6. The molecule has 4 aromatic rings. The van der Waals surface area contributed by atoms with Gasteiger partial charge in [0.1, 0.15) is 0 Å². The fourth-order valence-electron chi connectivity index (χ4n) is 3.05. The first-order chi connectivity index (χ1) is 17.2. The van der Waals surface area contributed by atoms with Crippen LogP contribution in [0.25, 0.3) is 12.2 Å². The van der Waals surface area contributed by atoms with Crippen molar-refractivity contribution in [2.24, 2.45) is 0 Å².